The molecule has 5 nitrogen and oxygen atoms in total. The van der Waals surface area contributed by atoms with Gasteiger partial charge < -0.3 is 4.74 Å². The van der Waals surface area contributed by atoms with Crippen molar-refractivity contribution in [3.05, 3.63) is 0 Å². The van der Waals surface area contributed by atoms with Crippen LogP contribution >= 0.6 is 0 Å². The topological polar surface area (TPSA) is 79.2 Å². The van der Waals surface area contributed by atoms with E-state index in [1.807, 2.05) is 13.8 Å². The highest BCUT2D eigenvalue weighted by atomic mass is 32.2. The van der Waals surface area contributed by atoms with E-state index >= 15 is 0 Å². The molecule has 0 aliphatic carbocycles. The van der Waals surface area contributed by atoms with E-state index in [4.69, 9.17) is 10.00 Å². The Morgan fingerprint density at radius 1 is 1.47 bits per heavy atom. The van der Waals surface area contributed by atoms with Gasteiger partial charge in [-0.1, -0.05) is 6.92 Å². The molecule has 0 saturated heterocycles. The fourth-order valence-electron chi connectivity index (χ4n) is 0.959. The van der Waals surface area contributed by atoms with E-state index in [1.165, 1.54) is 0 Å². The molecule has 1 atom stereocenters. The number of hydrogen-bond donors (Lipinski definition) is 1. The summed E-state index contributed by atoms with van der Waals surface area (Å²) in [4.78, 5) is 0. The third-order valence-electron chi connectivity index (χ3n) is 1.75. The van der Waals surface area contributed by atoms with Crippen molar-refractivity contribution >= 4 is 10.0 Å². The molecule has 0 aromatic heterocycles. The molecular weight excluding hydrogens is 216 g/mol. The van der Waals surface area contributed by atoms with Crippen LogP contribution in [0, 0.1) is 11.3 Å². The molecule has 0 bridgehead atoms. The van der Waals surface area contributed by atoms with Crippen molar-refractivity contribution < 1.29 is 13.2 Å². The molecule has 0 heterocycles. The number of rotatable bonds is 7. The van der Waals surface area contributed by atoms with Crippen molar-refractivity contribution in [1.29, 1.82) is 5.26 Å². The SMILES string of the molecule is CCC(C#N)S(=O)(=O)NCCOC(C)C. The summed E-state index contributed by atoms with van der Waals surface area (Å²) in [6.07, 6.45) is 0.365. The Morgan fingerprint density at radius 2 is 2.07 bits per heavy atom. The lowest BCUT2D eigenvalue weighted by Gasteiger charge is -2.11. The lowest BCUT2D eigenvalue weighted by atomic mass is 10.4. The van der Waals surface area contributed by atoms with E-state index in [1.54, 1.807) is 13.0 Å². The molecule has 0 spiro atoms. The third-order valence-corrected chi connectivity index (χ3v) is 3.54. The highest BCUT2D eigenvalue weighted by molar-refractivity contribution is 7.90. The number of nitriles is 1. The molecule has 0 aliphatic rings. The van der Waals surface area contributed by atoms with Gasteiger partial charge in [-0.2, -0.15) is 5.26 Å². The minimum Gasteiger partial charge on any atom is -0.377 e. The summed E-state index contributed by atoms with van der Waals surface area (Å²) >= 11 is 0. The maximum Gasteiger partial charge on any atom is 0.228 e. The smallest absolute Gasteiger partial charge is 0.228 e. The monoisotopic (exact) mass is 234 g/mol. The summed E-state index contributed by atoms with van der Waals surface area (Å²) in [7, 11) is -3.51. The van der Waals surface area contributed by atoms with Gasteiger partial charge in [0.1, 0.15) is 0 Å². The summed E-state index contributed by atoms with van der Waals surface area (Å²) in [5.74, 6) is 0. The van der Waals surface area contributed by atoms with Crippen LogP contribution in [0.4, 0.5) is 0 Å². The van der Waals surface area contributed by atoms with E-state index in [0.717, 1.165) is 0 Å². The number of nitrogens with one attached hydrogen (secondary N) is 1. The molecule has 88 valence electrons. The highest BCUT2D eigenvalue weighted by Gasteiger charge is 2.22. The normalized spacial score (nSPS) is 13.8. The number of hydrogen-bond acceptors (Lipinski definition) is 4. The summed E-state index contributed by atoms with van der Waals surface area (Å²) in [6.45, 7) is 5.94. The van der Waals surface area contributed by atoms with Gasteiger partial charge in [0.25, 0.3) is 0 Å². The fourth-order valence-corrected chi connectivity index (χ4v) is 2.11. The van der Waals surface area contributed by atoms with Crippen LogP contribution in [-0.2, 0) is 14.8 Å². The van der Waals surface area contributed by atoms with E-state index in [2.05, 4.69) is 4.72 Å². The Morgan fingerprint density at radius 3 is 2.47 bits per heavy atom. The Labute approximate surface area is 91.5 Å². The van der Waals surface area contributed by atoms with E-state index in [0.29, 0.717) is 6.61 Å². The number of ether oxygens (including phenoxy) is 1. The maximum absolute atomic E-state index is 11.4. The van der Waals surface area contributed by atoms with Crippen molar-refractivity contribution in [3.8, 4) is 6.07 Å². The van der Waals surface area contributed by atoms with Crippen LogP contribution in [0.15, 0.2) is 0 Å². The summed E-state index contributed by atoms with van der Waals surface area (Å²) < 4.78 is 30.4. The van der Waals surface area contributed by atoms with Crippen LogP contribution in [0.25, 0.3) is 0 Å². The molecule has 0 fully saturated rings. The molecule has 15 heavy (non-hydrogen) atoms. The van der Waals surface area contributed by atoms with E-state index in [9.17, 15) is 8.42 Å². The summed E-state index contributed by atoms with van der Waals surface area (Å²) in [5.41, 5.74) is 0. The highest BCUT2D eigenvalue weighted by Crippen LogP contribution is 2.01. The second-order valence-corrected chi connectivity index (χ2v) is 5.33. The van der Waals surface area contributed by atoms with Crippen molar-refractivity contribution in [2.24, 2.45) is 0 Å². The van der Waals surface area contributed by atoms with Gasteiger partial charge in [-0.15, -0.1) is 0 Å². The predicted molar refractivity (Wildman–Crippen MR) is 57.7 cm³/mol. The Balaban J connectivity index is 4.01. The van der Waals surface area contributed by atoms with Gasteiger partial charge in [0.2, 0.25) is 10.0 Å². The quantitative estimate of drug-likeness (QED) is 0.655. The molecule has 0 aromatic carbocycles. The molecule has 0 aliphatic heterocycles. The Hall–Kier alpha value is -0.640. The largest absolute Gasteiger partial charge is 0.377 e. The van der Waals surface area contributed by atoms with Gasteiger partial charge in [-0.05, 0) is 20.3 Å². The standard InChI is InChI=1S/C9H18N2O3S/c1-4-9(7-10)15(12,13)11-5-6-14-8(2)3/h8-9,11H,4-6H2,1-3H3. The van der Waals surface area contributed by atoms with Gasteiger partial charge in [0, 0.05) is 6.54 Å². The molecule has 0 aromatic rings. The average molecular weight is 234 g/mol. The van der Waals surface area contributed by atoms with Crippen LogP contribution in [-0.4, -0.2) is 32.9 Å². The molecule has 0 saturated carbocycles. The molecule has 0 radical (unpaired) electrons. The Bertz CT molecular complexity index is 306. The first kappa shape index (κ1) is 14.4. The first-order chi connectivity index (χ1) is 6.94. The summed E-state index contributed by atoms with van der Waals surface area (Å²) in [6, 6.07) is 1.75. The van der Waals surface area contributed by atoms with Gasteiger partial charge >= 0.3 is 0 Å². The van der Waals surface area contributed by atoms with Crippen molar-refractivity contribution in [2.45, 2.75) is 38.5 Å². The Kier molecular flexibility index (Phi) is 6.48. The molecule has 0 rings (SSSR count). The number of nitrogens with zero attached hydrogens (tertiary/aromatic N) is 1. The van der Waals surface area contributed by atoms with Crippen molar-refractivity contribution in [1.82, 2.24) is 4.72 Å². The van der Waals surface area contributed by atoms with Crippen LogP contribution < -0.4 is 4.72 Å². The maximum atomic E-state index is 11.4. The first-order valence-electron chi connectivity index (χ1n) is 4.93. The zero-order chi connectivity index (χ0) is 11.9. The first-order valence-corrected chi connectivity index (χ1v) is 6.48. The van der Waals surface area contributed by atoms with E-state index in [-0.39, 0.29) is 19.1 Å². The van der Waals surface area contributed by atoms with Gasteiger partial charge in [0.15, 0.2) is 5.25 Å². The van der Waals surface area contributed by atoms with Crippen LogP contribution in [0.1, 0.15) is 27.2 Å². The second-order valence-electron chi connectivity index (χ2n) is 3.38. The van der Waals surface area contributed by atoms with Crippen LogP contribution in [0.2, 0.25) is 0 Å². The third kappa shape index (κ3) is 5.72. The van der Waals surface area contributed by atoms with Crippen LogP contribution in [0.5, 0.6) is 0 Å². The minimum atomic E-state index is -3.51. The summed E-state index contributed by atoms with van der Waals surface area (Å²) in [5, 5.41) is 7.63. The molecule has 1 N–H and O–H groups in total. The zero-order valence-corrected chi connectivity index (χ0v) is 10.2. The predicted octanol–water partition coefficient (Wildman–Crippen LogP) is 0.633. The number of sulfonamides is 1. The molecule has 1 unspecified atom stereocenters. The van der Waals surface area contributed by atoms with E-state index < -0.39 is 15.3 Å². The molecular formula is C9H18N2O3S. The van der Waals surface area contributed by atoms with Crippen molar-refractivity contribution in [3.63, 3.8) is 0 Å². The van der Waals surface area contributed by atoms with Crippen molar-refractivity contribution in [2.75, 3.05) is 13.2 Å². The lowest BCUT2D eigenvalue weighted by molar-refractivity contribution is 0.0833. The molecule has 6 heteroatoms. The van der Waals surface area contributed by atoms with Gasteiger partial charge in [0.05, 0.1) is 18.8 Å². The van der Waals surface area contributed by atoms with Gasteiger partial charge in [-0.25, -0.2) is 13.1 Å². The van der Waals surface area contributed by atoms with Gasteiger partial charge in [-0.3, -0.25) is 0 Å². The molecule has 0 amide bonds. The van der Waals surface area contributed by atoms with Crippen LogP contribution in [0.3, 0.4) is 0 Å². The second kappa shape index (κ2) is 6.77. The average Bonchev–Trinajstić information content (AvgIpc) is 2.14. The minimum absolute atomic E-state index is 0.0763. The lowest BCUT2D eigenvalue weighted by Crippen LogP contribution is -2.35. The zero-order valence-electron chi connectivity index (χ0n) is 9.36. The fraction of sp³-hybridized carbons (Fsp3) is 0.889.